The molecule has 0 aliphatic carbocycles. The van der Waals surface area contributed by atoms with Crippen LogP contribution in [0.2, 0.25) is 5.15 Å². The number of alkyl halides is 3. The Morgan fingerprint density at radius 3 is 2.71 bits per heavy atom. The molecule has 0 aliphatic heterocycles. The van der Waals surface area contributed by atoms with Gasteiger partial charge >= 0.3 is 6.18 Å². The van der Waals surface area contributed by atoms with E-state index >= 15 is 0 Å². The SMILES string of the molecule is Cc1nc(NCc2cccc(C(F)(F)F)c2)c2cc(Cl)ncc2n1. The average Bonchev–Trinajstić information content (AvgIpc) is 2.52. The van der Waals surface area contributed by atoms with E-state index in [4.69, 9.17) is 11.6 Å². The number of rotatable bonds is 3. The van der Waals surface area contributed by atoms with Crippen molar-refractivity contribution < 1.29 is 13.2 Å². The molecule has 0 saturated heterocycles. The van der Waals surface area contributed by atoms with Crippen molar-refractivity contribution in [2.75, 3.05) is 5.32 Å². The normalized spacial score (nSPS) is 11.7. The summed E-state index contributed by atoms with van der Waals surface area (Å²) in [5.74, 6) is 1.03. The van der Waals surface area contributed by atoms with Crippen LogP contribution >= 0.6 is 11.6 Å². The van der Waals surface area contributed by atoms with Crippen LogP contribution in [0.4, 0.5) is 19.0 Å². The lowest BCUT2D eigenvalue weighted by atomic mass is 10.1. The predicted octanol–water partition coefficient (Wildman–Crippen LogP) is 4.62. The summed E-state index contributed by atoms with van der Waals surface area (Å²) in [4.78, 5) is 12.5. The first-order chi connectivity index (χ1) is 11.3. The van der Waals surface area contributed by atoms with Gasteiger partial charge in [-0.05, 0) is 30.7 Å². The van der Waals surface area contributed by atoms with Crippen LogP contribution in [0, 0.1) is 6.92 Å². The molecule has 2 aromatic heterocycles. The molecule has 1 aromatic carbocycles. The van der Waals surface area contributed by atoms with Gasteiger partial charge in [-0.1, -0.05) is 23.7 Å². The smallest absolute Gasteiger partial charge is 0.365 e. The Bertz CT molecular complexity index is 896. The summed E-state index contributed by atoms with van der Waals surface area (Å²) in [6, 6.07) is 6.76. The van der Waals surface area contributed by atoms with E-state index < -0.39 is 11.7 Å². The van der Waals surface area contributed by atoms with E-state index in [2.05, 4.69) is 20.3 Å². The van der Waals surface area contributed by atoms with E-state index in [1.807, 2.05) is 0 Å². The van der Waals surface area contributed by atoms with Crippen LogP contribution < -0.4 is 5.32 Å². The fourth-order valence-corrected chi connectivity index (χ4v) is 2.46. The van der Waals surface area contributed by atoms with E-state index in [0.29, 0.717) is 28.1 Å². The molecule has 124 valence electrons. The van der Waals surface area contributed by atoms with Gasteiger partial charge < -0.3 is 5.32 Å². The number of pyridine rings is 1. The van der Waals surface area contributed by atoms with Crippen molar-refractivity contribution in [1.29, 1.82) is 0 Å². The second kappa shape index (κ2) is 6.24. The van der Waals surface area contributed by atoms with Crippen LogP contribution in [-0.2, 0) is 12.7 Å². The quantitative estimate of drug-likeness (QED) is 0.699. The number of aryl methyl sites for hydroxylation is 1. The predicted molar refractivity (Wildman–Crippen MR) is 85.9 cm³/mol. The zero-order valence-electron chi connectivity index (χ0n) is 12.5. The summed E-state index contributed by atoms with van der Waals surface area (Å²) in [6.07, 6.45) is -2.84. The summed E-state index contributed by atoms with van der Waals surface area (Å²) >= 11 is 5.90. The molecule has 0 aliphatic rings. The van der Waals surface area contributed by atoms with Gasteiger partial charge in [-0.2, -0.15) is 13.2 Å². The number of halogens is 4. The van der Waals surface area contributed by atoms with Crippen molar-refractivity contribution in [1.82, 2.24) is 15.0 Å². The van der Waals surface area contributed by atoms with Crippen LogP contribution in [0.15, 0.2) is 36.5 Å². The molecule has 0 amide bonds. The molecule has 3 rings (SSSR count). The zero-order valence-corrected chi connectivity index (χ0v) is 13.3. The van der Waals surface area contributed by atoms with E-state index in [0.717, 1.165) is 12.1 Å². The minimum absolute atomic E-state index is 0.190. The number of hydrogen-bond donors (Lipinski definition) is 1. The van der Waals surface area contributed by atoms with Gasteiger partial charge in [0, 0.05) is 11.9 Å². The van der Waals surface area contributed by atoms with E-state index in [1.54, 1.807) is 19.1 Å². The van der Waals surface area contributed by atoms with Crippen molar-refractivity contribution in [2.24, 2.45) is 0 Å². The molecule has 0 saturated carbocycles. The second-order valence-corrected chi connectivity index (χ2v) is 5.58. The summed E-state index contributed by atoms with van der Waals surface area (Å²) < 4.78 is 38.3. The number of benzene rings is 1. The summed E-state index contributed by atoms with van der Waals surface area (Å²) in [7, 11) is 0. The molecular formula is C16H12ClF3N4. The van der Waals surface area contributed by atoms with Crippen LogP contribution in [0.1, 0.15) is 17.0 Å². The molecule has 0 radical (unpaired) electrons. The molecule has 0 spiro atoms. The first kappa shape index (κ1) is 16.4. The van der Waals surface area contributed by atoms with Gasteiger partial charge in [0.25, 0.3) is 0 Å². The lowest BCUT2D eigenvalue weighted by Gasteiger charge is -2.11. The van der Waals surface area contributed by atoms with Crippen molar-refractivity contribution in [3.8, 4) is 0 Å². The van der Waals surface area contributed by atoms with Gasteiger partial charge in [-0.3, -0.25) is 0 Å². The highest BCUT2D eigenvalue weighted by atomic mass is 35.5. The molecule has 0 unspecified atom stereocenters. The van der Waals surface area contributed by atoms with Crippen LogP contribution in [0.3, 0.4) is 0 Å². The molecule has 0 atom stereocenters. The average molecular weight is 353 g/mol. The Morgan fingerprint density at radius 1 is 1.17 bits per heavy atom. The van der Waals surface area contributed by atoms with Crippen molar-refractivity contribution in [3.05, 3.63) is 58.6 Å². The van der Waals surface area contributed by atoms with E-state index in [-0.39, 0.29) is 11.7 Å². The molecule has 2 heterocycles. The molecule has 8 heteroatoms. The Labute approximate surface area is 140 Å². The molecule has 3 aromatic rings. The van der Waals surface area contributed by atoms with Crippen LogP contribution in [0.25, 0.3) is 10.9 Å². The van der Waals surface area contributed by atoms with Gasteiger partial charge in [0.1, 0.15) is 16.8 Å². The largest absolute Gasteiger partial charge is 0.416 e. The second-order valence-electron chi connectivity index (χ2n) is 5.20. The maximum atomic E-state index is 12.8. The standard InChI is InChI=1S/C16H12ClF3N4/c1-9-23-13-8-21-14(17)6-12(13)15(24-9)22-7-10-3-2-4-11(5-10)16(18,19)20/h2-6,8H,7H2,1H3,(H,22,23,24). The first-order valence-corrected chi connectivity index (χ1v) is 7.40. The summed E-state index contributed by atoms with van der Waals surface area (Å²) in [5, 5.41) is 3.99. The van der Waals surface area contributed by atoms with Crippen molar-refractivity contribution in [2.45, 2.75) is 19.6 Å². The Morgan fingerprint density at radius 2 is 1.96 bits per heavy atom. The monoisotopic (exact) mass is 352 g/mol. The fraction of sp³-hybridized carbons (Fsp3) is 0.188. The fourth-order valence-electron chi connectivity index (χ4n) is 2.30. The third-order valence-electron chi connectivity index (χ3n) is 3.37. The number of nitrogens with zero attached hydrogens (tertiary/aromatic N) is 3. The zero-order chi connectivity index (χ0) is 17.3. The lowest BCUT2D eigenvalue weighted by Crippen LogP contribution is -2.08. The number of hydrogen-bond acceptors (Lipinski definition) is 4. The molecule has 24 heavy (non-hydrogen) atoms. The van der Waals surface area contributed by atoms with Crippen molar-refractivity contribution >= 4 is 28.3 Å². The maximum absolute atomic E-state index is 12.8. The van der Waals surface area contributed by atoms with Gasteiger partial charge in [-0.25, -0.2) is 15.0 Å². The Hall–Kier alpha value is -2.41. The Balaban J connectivity index is 1.90. The summed E-state index contributed by atoms with van der Waals surface area (Å²) in [6.45, 7) is 1.92. The first-order valence-electron chi connectivity index (χ1n) is 7.03. The highest BCUT2D eigenvalue weighted by Gasteiger charge is 2.30. The third-order valence-corrected chi connectivity index (χ3v) is 3.58. The minimum Gasteiger partial charge on any atom is -0.365 e. The molecule has 0 fully saturated rings. The molecule has 1 N–H and O–H groups in total. The molecular weight excluding hydrogens is 341 g/mol. The highest BCUT2D eigenvalue weighted by Crippen LogP contribution is 2.30. The van der Waals surface area contributed by atoms with Crippen LogP contribution in [0.5, 0.6) is 0 Å². The maximum Gasteiger partial charge on any atom is 0.416 e. The Kier molecular flexibility index (Phi) is 4.28. The van der Waals surface area contributed by atoms with Gasteiger partial charge in [-0.15, -0.1) is 0 Å². The van der Waals surface area contributed by atoms with Gasteiger partial charge in [0.2, 0.25) is 0 Å². The van der Waals surface area contributed by atoms with E-state index in [1.165, 1.54) is 12.3 Å². The summed E-state index contributed by atoms with van der Waals surface area (Å²) in [5.41, 5.74) is 0.422. The van der Waals surface area contributed by atoms with Crippen LogP contribution in [-0.4, -0.2) is 15.0 Å². The molecule has 4 nitrogen and oxygen atoms in total. The minimum atomic E-state index is -4.37. The van der Waals surface area contributed by atoms with E-state index in [9.17, 15) is 13.2 Å². The highest BCUT2D eigenvalue weighted by molar-refractivity contribution is 6.30. The van der Waals surface area contributed by atoms with Crippen molar-refractivity contribution in [3.63, 3.8) is 0 Å². The number of aromatic nitrogens is 3. The topological polar surface area (TPSA) is 50.7 Å². The van der Waals surface area contributed by atoms with Gasteiger partial charge in [0.05, 0.1) is 17.3 Å². The lowest BCUT2D eigenvalue weighted by molar-refractivity contribution is -0.137. The number of nitrogens with one attached hydrogen (secondary N) is 1. The number of anilines is 1. The third kappa shape index (κ3) is 3.56. The van der Waals surface area contributed by atoms with Gasteiger partial charge in [0.15, 0.2) is 0 Å². The number of fused-ring (bicyclic) bond motifs is 1. The molecule has 0 bridgehead atoms.